The van der Waals surface area contributed by atoms with E-state index in [2.05, 4.69) is 47.1 Å². The third-order valence-electron chi connectivity index (χ3n) is 7.37. The monoisotopic (exact) mass is 483 g/mol. The highest BCUT2D eigenvalue weighted by atomic mass is 16.7. The zero-order chi connectivity index (χ0) is 24.6. The van der Waals surface area contributed by atoms with Crippen molar-refractivity contribution in [2.24, 2.45) is 0 Å². The lowest BCUT2D eigenvalue weighted by Gasteiger charge is -2.37. The van der Waals surface area contributed by atoms with Crippen LogP contribution >= 0.6 is 0 Å². The molecule has 3 heterocycles. The molecule has 184 valence electrons. The lowest BCUT2D eigenvalue weighted by molar-refractivity contribution is 0.0642. The number of anilines is 1. The van der Waals surface area contributed by atoms with Gasteiger partial charge in [0, 0.05) is 32.7 Å². The molecule has 1 saturated heterocycles. The van der Waals surface area contributed by atoms with Crippen molar-refractivity contribution < 1.29 is 19.1 Å². The van der Waals surface area contributed by atoms with Gasteiger partial charge < -0.3 is 14.4 Å². The smallest absolute Gasteiger partial charge is 0.263 e. The normalized spacial score (nSPS) is 18.0. The van der Waals surface area contributed by atoms with Crippen molar-refractivity contribution >= 4 is 17.5 Å². The van der Waals surface area contributed by atoms with Crippen molar-refractivity contribution in [3.63, 3.8) is 0 Å². The number of benzene rings is 3. The molecule has 0 bridgehead atoms. The summed E-state index contributed by atoms with van der Waals surface area (Å²) in [5, 5.41) is 0. The lowest BCUT2D eigenvalue weighted by Crippen LogP contribution is -2.47. The van der Waals surface area contributed by atoms with Crippen molar-refractivity contribution in [1.29, 1.82) is 0 Å². The molecule has 0 radical (unpaired) electrons. The number of ether oxygens (including phenoxy) is 2. The van der Waals surface area contributed by atoms with Crippen LogP contribution in [0.4, 0.5) is 5.69 Å². The van der Waals surface area contributed by atoms with Gasteiger partial charge in [-0.3, -0.25) is 19.4 Å². The molecule has 3 aliphatic rings. The molecule has 3 aromatic carbocycles. The van der Waals surface area contributed by atoms with Gasteiger partial charge in [-0.05, 0) is 41.3 Å². The number of hydrogen-bond donors (Lipinski definition) is 0. The van der Waals surface area contributed by atoms with Crippen molar-refractivity contribution in [3.05, 3.63) is 89.0 Å². The van der Waals surface area contributed by atoms with E-state index in [1.54, 1.807) is 6.07 Å². The van der Waals surface area contributed by atoms with E-state index in [4.69, 9.17) is 9.47 Å². The Morgan fingerprint density at radius 1 is 0.833 bits per heavy atom. The van der Waals surface area contributed by atoms with Crippen LogP contribution in [0.2, 0.25) is 0 Å². The highest BCUT2D eigenvalue weighted by Gasteiger charge is 2.39. The standard InChI is InChI=1S/C29H29N3O4/c1-20(22-6-3-2-4-7-22)17-30-12-14-31(15-13-30)24-9-5-8-23-27(24)29(34)32(28(23)33)18-21-10-11-25-26(16-21)36-19-35-25/h2-11,16,20H,12-15,17-19H2,1H3. The Balaban J connectivity index is 1.15. The Bertz CT molecular complexity index is 1300. The molecule has 1 atom stereocenters. The molecule has 2 amide bonds. The average molecular weight is 484 g/mol. The maximum absolute atomic E-state index is 13.5. The first-order valence-corrected chi connectivity index (χ1v) is 12.5. The van der Waals surface area contributed by atoms with Crippen LogP contribution in [-0.4, -0.2) is 61.1 Å². The molecule has 6 rings (SSSR count). The first-order chi connectivity index (χ1) is 17.6. The highest BCUT2D eigenvalue weighted by Crippen LogP contribution is 2.36. The molecule has 3 aromatic rings. The minimum absolute atomic E-state index is 0.188. The third-order valence-corrected chi connectivity index (χ3v) is 7.37. The lowest BCUT2D eigenvalue weighted by atomic mass is 10.0. The molecule has 0 aromatic heterocycles. The van der Waals surface area contributed by atoms with Gasteiger partial charge in [-0.1, -0.05) is 49.4 Å². The van der Waals surface area contributed by atoms with Crippen LogP contribution in [0.15, 0.2) is 66.7 Å². The van der Waals surface area contributed by atoms with E-state index in [0.717, 1.165) is 44.0 Å². The molecular formula is C29H29N3O4. The van der Waals surface area contributed by atoms with E-state index in [1.807, 2.05) is 30.3 Å². The predicted octanol–water partition coefficient (Wildman–Crippen LogP) is 4.14. The molecule has 0 aliphatic carbocycles. The maximum atomic E-state index is 13.5. The molecule has 7 nitrogen and oxygen atoms in total. The molecule has 0 N–H and O–H groups in total. The van der Waals surface area contributed by atoms with Gasteiger partial charge in [0.2, 0.25) is 6.79 Å². The largest absolute Gasteiger partial charge is 0.454 e. The Morgan fingerprint density at radius 2 is 1.61 bits per heavy atom. The summed E-state index contributed by atoms with van der Waals surface area (Å²) in [5.41, 5.74) is 4.05. The highest BCUT2D eigenvalue weighted by molar-refractivity contribution is 6.23. The van der Waals surface area contributed by atoms with Gasteiger partial charge in [0.15, 0.2) is 11.5 Å². The third kappa shape index (κ3) is 4.09. The van der Waals surface area contributed by atoms with Gasteiger partial charge in [-0.25, -0.2) is 0 Å². The first kappa shape index (κ1) is 22.6. The minimum atomic E-state index is -0.246. The summed E-state index contributed by atoms with van der Waals surface area (Å²) >= 11 is 0. The number of hydrogen-bond acceptors (Lipinski definition) is 6. The van der Waals surface area contributed by atoms with E-state index in [9.17, 15) is 9.59 Å². The zero-order valence-corrected chi connectivity index (χ0v) is 20.4. The molecule has 0 spiro atoms. The Kier molecular flexibility index (Phi) is 5.85. The maximum Gasteiger partial charge on any atom is 0.263 e. The summed E-state index contributed by atoms with van der Waals surface area (Å²) in [4.78, 5) is 32.8. The number of piperazine rings is 1. The van der Waals surface area contributed by atoms with Crippen LogP contribution in [-0.2, 0) is 6.54 Å². The first-order valence-electron chi connectivity index (χ1n) is 12.5. The summed E-state index contributed by atoms with van der Waals surface area (Å²) < 4.78 is 10.8. The van der Waals surface area contributed by atoms with Crippen molar-refractivity contribution in [3.8, 4) is 11.5 Å². The molecule has 3 aliphatic heterocycles. The summed E-state index contributed by atoms with van der Waals surface area (Å²) in [7, 11) is 0. The summed E-state index contributed by atoms with van der Waals surface area (Å²) in [5.74, 6) is 1.31. The second-order valence-corrected chi connectivity index (χ2v) is 9.68. The fourth-order valence-electron chi connectivity index (χ4n) is 5.39. The van der Waals surface area contributed by atoms with Gasteiger partial charge in [-0.2, -0.15) is 0 Å². The fourth-order valence-corrected chi connectivity index (χ4v) is 5.39. The number of nitrogens with zero attached hydrogens (tertiary/aromatic N) is 3. The molecule has 1 fully saturated rings. The minimum Gasteiger partial charge on any atom is -0.454 e. The van der Waals surface area contributed by atoms with Gasteiger partial charge >= 0.3 is 0 Å². The summed E-state index contributed by atoms with van der Waals surface area (Å²) in [6.07, 6.45) is 0. The zero-order valence-electron chi connectivity index (χ0n) is 20.4. The molecular weight excluding hydrogens is 454 g/mol. The number of amides is 2. The quantitative estimate of drug-likeness (QED) is 0.491. The van der Waals surface area contributed by atoms with Crippen molar-refractivity contribution in [1.82, 2.24) is 9.80 Å². The Morgan fingerprint density at radius 3 is 2.42 bits per heavy atom. The number of carbonyl (C=O) groups is 2. The van der Waals surface area contributed by atoms with Gasteiger partial charge in [0.25, 0.3) is 11.8 Å². The summed E-state index contributed by atoms with van der Waals surface area (Å²) in [6.45, 7) is 7.15. The van der Waals surface area contributed by atoms with E-state index < -0.39 is 0 Å². The fraction of sp³-hybridized carbons (Fsp3) is 0.310. The van der Waals surface area contributed by atoms with E-state index >= 15 is 0 Å². The number of imide groups is 1. The predicted molar refractivity (Wildman–Crippen MR) is 137 cm³/mol. The average Bonchev–Trinajstić information content (AvgIpc) is 3.48. The van der Waals surface area contributed by atoms with Crippen molar-refractivity contribution in [2.45, 2.75) is 19.4 Å². The van der Waals surface area contributed by atoms with Gasteiger partial charge in [0.1, 0.15) is 0 Å². The van der Waals surface area contributed by atoms with E-state index in [1.165, 1.54) is 10.5 Å². The molecule has 1 unspecified atom stereocenters. The Labute approximate surface area is 210 Å². The SMILES string of the molecule is CC(CN1CCN(c2cccc3c2C(=O)N(Cc2ccc4c(c2)OCO4)C3=O)CC1)c1ccccc1. The summed E-state index contributed by atoms with van der Waals surface area (Å²) in [6, 6.07) is 21.7. The van der Waals surface area contributed by atoms with Gasteiger partial charge in [-0.15, -0.1) is 0 Å². The van der Waals surface area contributed by atoms with E-state index in [-0.39, 0.29) is 25.2 Å². The molecule has 7 heteroatoms. The van der Waals surface area contributed by atoms with Crippen LogP contribution in [0.5, 0.6) is 11.5 Å². The van der Waals surface area contributed by atoms with Crippen LogP contribution in [0.1, 0.15) is 44.7 Å². The topological polar surface area (TPSA) is 62.3 Å². The van der Waals surface area contributed by atoms with Crippen LogP contribution in [0.25, 0.3) is 0 Å². The van der Waals surface area contributed by atoms with Crippen LogP contribution in [0.3, 0.4) is 0 Å². The molecule has 0 saturated carbocycles. The number of carbonyl (C=O) groups excluding carboxylic acids is 2. The number of rotatable bonds is 6. The van der Waals surface area contributed by atoms with Gasteiger partial charge in [0.05, 0.1) is 23.4 Å². The van der Waals surface area contributed by atoms with Crippen molar-refractivity contribution in [2.75, 3.05) is 44.4 Å². The van der Waals surface area contributed by atoms with Crippen LogP contribution < -0.4 is 14.4 Å². The molecule has 36 heavy (non-hydrogen) atoms. The number of fused-ring (bicyclic) bond motifs is 2. The second kappa shape index (κ2) is 9.32. The Hall–Kier alpha value is -3.84. The second-order valence-electron chi connectivity index (χ2n) is 9.68. The van der Waals surface area contributed by atoms with E-state index in [0.29, 0.717) is 28.5 Å². The van der Waals surface area contributed by atoms with Crippen LogP contribution in [0, 0.1) is 0 Å².